The zero-order valence-corrected chi connectivity index (χ0v) is 13.7. The second kappa shape index (κ2) is 21.1. The summed E-state index contributed by atoms with van der Waals surface area (Å²) in [6.45, 7) is 6.51. The summed E-state index contributed by atoms with van der Waals surface area (Å²) in [6, 6.07) is 3.32. The smallest absolute Gasteiger partial charge is 0.188 e. The molecule has 0 aliphatic heterocycles. The summed E-state index contributed by atoms with van der Waals surface area (Å²) in [5, 5.41) is 7.00. The largest absolute Gasteiger partial charge is 0.432 e. The predicted molar refractivity (Wildman–Crippen MR) is 68.6 cm³/mol. The van der Waals surface area contributed by atoms with E-state index in [9.17, 15) is 4.80 Å². The van der Waals surface area contributed by atoms with Gasteiger partial charge in [0.1, 0.15) is 0 Å². The average Bonchev–Trinajstić information content (AvgIpc) is 2.09. The number of rotatable bonds is 6. The fourth-order valence-corrected chi connectivity index (χ4v) is 5.31. The maximum absolute atomic E-state index is 10.2. The Labute approximate surface area is 116 Å². The van der Waals surface area contributed by atoms with Gasteiger partial charge in [0.25, 0.3) is 0 Å². The monoisotopic (exact) mass is 290 g/mol. The third kappa shape index (κ3) is 17.2. The quantitative estimate of drug-likeness (QED) is 0.715. The van der Waals surface area contributed by atoms with Crippen molar-refractivity contribution >= 4 is 8.32 Å². The van der Waals surface area contributed by atoms with Gasteiger partial charge in [0.2, 0.25) is 0 Å². The Bertz CT molecular complexity index is 89.8. The van der Waals surface area contributed by atoms with Gasteiger partial charge in [0.05, 0.1) is 0 Å². The van der Waals surface area contributed by atoms with Gasteiger partial charge in [-0.3, -0.25) is 0 Å². The van der Waals surface area contributed by atoms with Gasteiger partial charge < -0.3 is 20.9 Å². The van der Waals surface area contributed by atoms with Gasteiger partial charge in [-0.1, -0.05) is 40.0 Å². The first-order valence-corrected chi connectivity index (χ1v) is 7.92. The molecule has 4 nitrogen and oxygen atoms in total. The van der Waals surface area contributed by atoms with Crippen molar-refractivity contribution in [3.8, 4) is 0 Å². The predicted octanol–water partition coefficient (Wildman–Crippen LogP) is 1.11. The van der Waals surface area contributed by atoms with Crippen molar-refractivity contribution < 1.29 is 42.6 Å². The minimum absolute atomic E-state index is 0. The van der Waals surface area contributed by atoms with Crippen molar-refractivity contribution in [1.82, 2.24) is 0 Å². The van der Waals surface area contributed by atoms with Gasteiger partial charge in [-0.05, 0) is 18.1 Å². The van der Waals surface area contributed by atoms with Gasteiger partial charge in [0, 0.05) is 28.8 Å². The summed E-state index contributed by atoms with van der Waals surface area (Å²) < 4.78 is 0. The van der Waals surface area contributed by atoms with E-state index >= 15 is 0 Å². The summed E-state index contributed by atoms with van der Waals surface area (Å²) in [4.78, 5) is 10.2. The summed E-state index contributed by atoms with van der Waals surface area (Å²) in [5.74, 6) is 0. The molecule has 0 saturated carbocycles. The van der Waals surface area contributed by atoms with E-state index < -0.39 is 8.32 Å². The maximum Gasteiger partial charge on any atom is 0.188 e. The fourth-order valence-electron chi connectivity index (χ4n) is 1.77. The van der Waals surface area contributed by atoms with Crippen LogP contribution in [0.3, 0.4) is 0 Å². The summed E-state index contributed by atoms with van der Waals surface area (Å²) in [5.41, 5.74) is 0. The number of aliphatic hydroxyl groups excluding tert-OH is 1. The van der Waals surface area contributed by atoms with Crippen LogP contribution in [0.5, 0.6) is 0 Å². The number of hydrogen-bond donors (Lipinski definition) is 2. The first kappa shape index (κ1) is 30.1. The van der Waals surface area contributed by atoms with E-state index in [4.69, 9.17) is 5.11 Å². The Balaban J connectivity index is -0.0000000760. The Morgan fingerprint density at radius 1 is 0.750 bits per heavy atom. The number of aliphatic hydroxyl groups is 1. The van der Waals surface area contributed by atoms with Crippen LogP contribution in [-0.2, 0) is 21.7 Å². The van der Waals surface area contributed by atoms with Crippen LogP contribution < -0.4 is 0 Å². The van der Waals surface area contributed by atoms with Crippen LogP contribution >= 0.6 is 0 Å². The fraction of sp³-hybridized carbons (Fsp3) is 1.00. The van der Waals surface area contributed by atoms with Crippen LogP contribution in [-0.4, -0.2) is 36.3 Å². The van der Waals surface area contributed by atoms with Crippen molar-refractivity contribution in [1.29, 1.82) is 0 Å². The zero-order valence-electron chi connectivity index (χ0n) is 11.1. The van der Waals surface area contributed by atoms with Gasteiger partial charge in [-0.15, -0.1) is 0 Å². The van der Waals surface area contributed by atoms with Crippen LogP contribution in [0.4, 0.5) is 0 Å². The molecule has 0 saturated heterocycles. The first-order chi connectivity index (χ1) is 6.18. The molecule has 16 heavy (non-hydrogen) atoms. The molecule has 0 unspecified atom stereocenters. The molecular weight excluding hydrogens is 260 g/mol. The molecule has 0 aliphatic rings. The van der Waals surface area contributed by atoms with Crippen LogP contribution in [0, 0.1) is 0 Å². The molecule has 0 bridgehead atoms. The van der Waals surface area contributed by atoms with E-state index in [0.29, 0.717) is 0 Å². The van der Waals surface area contributed by atoms with E-state index in [1.54, 1.807) is 0 Å². The molecule has 0 rings (SSSR count). The average molecular weight is 290 g/mol. The molecule has 0 aromatic rings. The van der Waals surface area contributed by atoms with Crippen molar-refractivity contribution in [2.24, 2.45) is 0 Å². The third-order valence-electron chi connectivity index (χ3n) is 2.15. The first-order valence-electron chi connectivity index (χ1n) is 5.35. The summed E-state index contributed by atoms with van der Waals surface area (Å²) in [6.07, 6.45) is 3.47. The number of hydrogen-bond acceptors (Lipinski definition) is 2. The molecule has 6 heteroatoms. The molecule has 0 radical (unpaired) electrons. The van der Waals surface area contributed by atoms with E-state index in [1.807, 2.05) is 0 Å². The Kier molecular flexibility index (Phi) is 39.7. The van der Waals surface area contributed by atoms with Crippen LogP contribution in [0.25, 0.3) is 0 Å². The standard InChI is InChI=1S/C9H22OSi.CH4O.2H2O.Ti/c1-4-7-11(10,8-5-2)9-6-3;1-2;;;/h10H,4-9H2,1-3H3;2H,1H3;2*1H2;. The molecule has 0 aliphatic carbocycles. The van der Waals surface area contributed by atoms with Crippen LogP contribution in [0.2, 0.25) is 18.1 Å². The van der Waals surface area contributed by atoms with Crippen molar-refractivity contribution in [2.45, 2.75) is 58.2 Å². The third-order valence-corrected chi connectivity index (χ3v) is 6.44. The minimum atomic E-state index is -1.75. The van der Waals surface area contributed by atoms with E-state index in [0.717, 1.165) is 44.5 Å². The van der Waals surface area contributed by atoms with Gasteiger partial charge in [0.15, 0.2) is 8.32 Å². The second-order valence-corrected chi connectivity index (χ2v) is 7.42. The molecule has 0 fully saturated rings. The molecule has 102 valence electrons. The van der Waals surface area contributed by atoms with Crippen molar-refractivity contribution in [2.75, 3.05) is 7.11 Å². The molecule has 6 N–H and O–H groups in total. The molecule has 0 aromatic carbocycles. The molecule has 0 atom stereocenters. The van der Waals surface area contributed by atoms with Crippen molar-refractivity contribution in [3.05, 3.63) is 0 Å². The zero-order chi connectivity index (χ0) is 10.7. The normalized spacial score (nSPS) is 8.62. The second-order valence-electron chi connectivity index (χ2n) is 3.47. The van der Waals surface area contributed by atoms with Gasteiger partial charge >= 0.3 is 0 Å². The Hall–Kier alpha value is 0.771. The van der Waals surface area contributed by atoms with E-state index in [1.165, 1.54) is 0 Å². The molecule has 0 amide bonds. The minimum Gasteiger partial charge on any atom is -0.432 e. The summed E-state index contributed by atoms with van der Waals surface area (Å²) in [7, 11) is -0.749. The Morgan fingerprint density at radius 3 is 1.06 bits per heavy atom. The van der Waals surface area contributed by atoms with Gasteiger partial charge in [-0.2, -0.15) is 0 Å². The van der Waals surface area contributed by atoms with E-state index in [2.05, 4.69) is 20.8 Å². The summed E-state index contributed by atoms with van der Waals surface area (Å²) >= 11 is 0. The van der Waals surface area contributed by atoms with E-state index in [-0.39, 0.29) is 32.7 Å². The maximum atomic E-state index is 10.2. The Morgan fingerprint density at radius 2 is 0.938 bits per heavy atom. The molecular formula is C10H30O4SiTi. The van der Waals surface area contributed by atoms with Gasteiger partial charge in [-0.25, -0.2) is 0 Å². The SMILES string of the molecule is CCC[Si](O)(CCC)CCC.CO.O.O.[Ti]. The molecule has 0 heterocycles. The molecule has 0 spiro atoms. The van der Waals surface area contributed by atoms with Crippen LogP contribution in [0.1, 0.15) is 40.0 Å². The van der Waals surface area contributed by atoms with Crippen molar-refractivity contribution in [3.63, 3.8) is 0 Å². The van der Waals surface area contributed by atoms with Crippen LogP contribution in [0.15, 0.2) is 0 Å². The molecule has 0 aromatic heterocycles. The topological polar surface area (TPSA) is 103 Å².